The molecule has 0 bridgehead atoms. The van der Waals surface area contributed by atoms with E-state index in [1.54, 1.807) is 49.4 Å². The SMILES string of the molecule is COc1cc(CCC(C)=O)ccc1OC(=O)c1ccccc1Cl. The van der Waals surface area contributed by atoms with Crippen molar-refractivity contribution in [3.05, 3.63) is 58.6 Å². The Labute approximate surface area is 140 Å². The van der Waals surface area contributed by atoms with Gasteiger partial charge in [-0.1, -0.05) is 29.8 Å². The number of hydrogen-bond acceptors (Lipinski definition) is 4. The van der Waals surface area contributed by atoms with Gasteiger partial charge in [-0.15, -0.1) is 0 Å². The summed E-state index contributed by atoms with van der Waals surface area (Å²) in [7, 11) is 1.50. The van der Waals surface area contributed by atoms with Crippen LogP contribution in [0.3, 0.4) is 0 Å². The van der Waals surface area contributed by atoms with Crippen LogP contribution in [-0.4, -0.2) is 18.9 Å². The first-order valence-corrected chi connectivity index (χ1v) is 7.52. The molecule has 0 saturated heterocycles. The largest absolute Gasteiger partial charge is 0.493 e. The molecule has 0 aliphatic rings. The number of carbonyl (C=O) groups excluding carboxylic acids is 2. The molecular formula is C18H17ClO4. The number of ketones is 1. The summed E-state index contributed by atoms with van der Waals surface area (Å²) in [5.74, 6) is 0.319. The number of esters is 1. The van der Waals surface area contributed by atoms with Crippen molar-refractivity contribution in [3.8, 4) is 11.5 Å². The minimum atomic E-state index is -0.551. The fourth-order valence-corrected chi connectivity index (χ4v) is 2.27. The molecule has 0 aliphatic carbocycles. The van der Waals surface area contributed by atoms with E-state index in [-0.39, 0.29) is 11.3 Å². The van der Waals surface area contributed by atoms with Crippen LogP contribution in [0.4, 0.5) is 0 Å². The van der Waals surface area contributed by atoms with E-state index in [1.807, 2.05) is 0 Å². The Morgan fingerprint density at radius 1 is 1.09 bits per heavy atom. The summed E-state index contributed by atoms with van der Waals surface area (Å²) in [5, 5.41) is 0.328. The third-order valence-corrected chi connectivity index (χ3v) is 3.62. The molecule has 0 spiro atoms. The van der Waals surface area contributed by atoms with E-state index in [0.717, 1.165) is 5.56 Å². The highest BCUT2D eigenvalue weighted by Crippen LogP contribution is 2.30. The summed E-state index contributed by atoms with van der Waals surface area (Å²) in [5.41, 5.74) is 1.23. The summed E-state index contributed by atoms with van der Waals surface area (Å²) in [4.78, 5) is 23.3. The van der Waals surface area contributed by atoms with Gasteiger partial charge in [-0.05, 0) is 43.2 Å². The number of ether oxygens (including phenoxy) is 2. The molecule has 0 N–H and O–H groups in total. The van der Waals surface area contributed by atoms with Gasteiger partial charge < -0.3 is 14.3 Å². The van der Waals surface area contributed by atoms with Crippen LogP contribution >= 0.6 is 11.6 Å². The number of benzene rings is 2. The highest BCUT2D eigenvalue weighted by Gasteiger charge is 2.15. The van der Waals surface area contributed by atoms with Gasteiger partial charge in [0.05, 0.1) is 17.7 Å². The second-order valence-electron chi connectivity index (χ2n) is 5.06. The first-order chi connectivity index (χ1) is 11.0. The van der Waals surface area contributed by atoms with Crippen molar-refractivity contribution in [2.45, 2.75) is 19.8 Å². The Balaban J connectivity index is 2.18. The van der Waals surface area contributed by atoms with Crippen LogP contribution in [0.5, 0.6) is 11.5 Å². The third kappa shape index (κ3) is 4.57. The smallest absolute Gasteiger partial charge is 0.345 e. The molecule has 0 aliphatic heterocycles. The number of methoxy groups -OCH3 is 1. The Bertz CT molecular complexity index is 725. The van der Waals surface area contributed by atoms with Gasteiger partial charge in [0.15, 0.2) is 11.5 Å². The Hall–Kier alpha value is -2.33. The molecule has 0 fully saturated rings. The highest BCUT2D eigenvalue weighted by atomic mass is 35.5. The average molecular weight is 333 g/mol. The Morgan fingerprint density at radius 2 is 1.83 bits per heavy atom. The predicted molar refractivity (Wildman–Crippen MR) is 88.4 cm³/mol. The molecule has 0 atom stereocenters. The van der Waals surface area contributed by atoms with E-state index >= 15 is 0 Å². The second kappa shape index (κ2) is 7.79. The molecule has 120 valence electrons. The van der Waals surface area contributed by atoms with E-state index in [1.165, 1.54) is 7.11 Å². The van der Waals surface area contributed by atoms with Crippen molar-refractivity contribution in [2.24, 2.45) is 0 Å². The standard InChI is InChI=1S/C18H17ClO4/c1-12(20)7-8-13-9-10-16(17(11-13)22-2)23-18(21)14-5-3-4-6-15(14)19/h3-6,9-11H,7-8H2,1-2H3. The Morgan fingerprint density at radius 3 is 2.48 bits per heavy atom. The molecule has 0 amide bonds. The summed E-state index contributed by atoms with van der Waals surface area (Å²) in [6.45, 7) is 1.55. The van der Waals surface area contributed by atoms with E-state index in [0.29, 0.717) is 29.4 Å². The van der Waals surface area contributed by atoms with Crippen LogP contribution in [0.15, 0.2) is 42.5 Å². The molecule has 0 saturated carbocycles. The number of aryl methyl sites for hydroxylation is 1. The Kier molecular flexibility index (Phi) is 5.77. The molecule has 5 heteroatoms. The number of carbonyl (C=O) groups is 2. The topological polar surface area (TPSA) is 52.6 Å². The summed E-state index contributed by atoms with van der Waals surface area (Å²) < 4.78 is 10.6. The molecule has 2 aromatic carbocycles. The number of halogens is 1. The number of rotatable bonds is 6. The van der Waals surface area contributed by atoms with E-state index < -0.39 is 5.97 Å². The van der Waals surface area contributed by atoms with Crippen LogP contribution in [-0.2, 0) is 11.2 Å². The van der Waals surface area contributed by atoms with Crippen LogP contribution in [0.25, 0.3) is 0 Å². The maximum absolute atomic E-state index is 12.2. The predicted octanol–water partition coefficient (Wildman–Crippen LogP) is 4.09. The van der Waals surface area contributed by atoms with Crippen LogP contribution < -0.4 is 9.47 Å². The van der Waals surface area contributed by atoms with Gasteiger partial charge in [0.25, 0.3) is 0 Å². The molecule has 4 nitrogen and oxygen atoms in total. The van der Waals surface area contributed by atoms with Gasteiger partial charge in [-0.3, -0.25) is 0 Å². The molecule has 2 rings (SSSR count). The lowest BCUT2D eigenvalue weighted by Crippen LogP contribution is -2.10. The van der Waals surface area contributed by atoms with Crippen molar-refractivity contribution in [3.63, 3.8) is 0 Å². The maximum atomic E-state index is 12.2. The van der Waals surface area contributed by atoms with Gasteiger partial charge in [-0.2, -0.15) is 0 Å². The van der Waals surface area contributed by atoms with E-state index in [2.05, 4.69) is 0 Å². The lowest BCUT2D eigenvalue weighted by Gasteiger charge is -2.11. The molecule has 0 unspecified atom stereocenters. The van der Waals surface area contributed by atoms with Gasteiger partial charge in [0, 0.05) is 6.42 Å². The molecular weight excluding hydrogens is 316 g/mol. The van der Waals surface area contributed by atoms with Crippen molar-refractivity contribution < 1.29 is 19.1 Å². The molecule has 2 aromatic rings. The number of Topliss-reactive ketones (excluding diaryl/α,β-unsaturated/α-hetero) is 1. The van der Waals surface area contributed by atoms with Crippen molar-refractivity contribution in [1.29, 1.82) is 0 Å². The minimum absolute atomic E-state index is 0.123. The van der Waals surface area contributed by atoms with Crippen LogP contribution in [0.1, 0.15) is 29.3 Å². The fraction of sp³-hybridized carbons (Fsp3) is 0.222. The monoisotopic (exact) mass is 332 g/mol. The molecule has 0 radical (unpaired) electrons. The first-order valence-electron chi connectivity index (χ1n) is 7.14. The van der Waals surface area contributed by atoms with E-state index in [4.69, 9.17) is 21.1 Å². The normalized spacial score (nSPS) is 10.2. The maximum Gasteiger partial charge on any atom is 0.345 e. The third-order valence-electron chi connectivity index (χ3n) is 3.29. The quantitative estimate of drug-likeness (QED) is 0.590. The van der Waals surface area contributed by atoms with Gasteiger partial charge in [0.2, 0.25) is 0 Å². The van der Waals surface area contributed by atoms with E-state index in [9.17, 15) is 9.59 Å². The first kappa shape index (κ1) is 17.0. The zero-order chi connectivity index (χ0) is 16.8. The fourth-order valence-electron chi connectivity index (χ4n) is 2.05. The lowest BCUT2D eigenvalue weighted by molar-refractivity contribution is -0.116. The van der Waals surface area contributed by atoms with Gasteiger partial charge in [-0.25, -0.2) is 4.79 Å². The zero-order valence-corrected chi connectivity index (χ0v) is 13.7. The summed E-state index contributed by atoms with van der Waals surface area (Å²) in [6, 6.07) is 11.9. The van der Waals surface area contributed by atoms with Crippen molar-refractivity contribution in [2.75, 3.05) is 7.11 Å². The van der Waals surface area contributed by atoms with Crippen molar-refractivity contribution in [1.82, 2.24) is 0 Å². The highest BCUT2D eigenvalue weighted by molar-refractivity contribution is 6.33. The van der Waals surface area contributed by atoms with Gasteiger partial charge in [0.1, 0.15) is 5.78 Å². The summed E-state index contributed by atoms with van der Waals surface area (Å²) in [6.07, 6.45) is 1.08. The average Bonchev–Trinajstić information content (AvgIpc) is 2.54. The summed E-state index contributed by atoms with van der Waals surface area (Å²) >= 11 is 5.99. The van der Waals surface area contributed by atoms with Crippen LogP contribution in [0, 0.1) is 0 Å². The molecule has 23 heavy (non-hydrogen) atoms. The zero-order valence-electron chi connectivity index (χ0n) is 13.0. The molecule has 0 aromatic heterocycles. The van der Waals surface area contributed by atoms with Crippen molar-refractivity contribution >= 4 is 23.4 Å². The van der Waals surface area contributed by atoms with Crippen LogP contribution in [0.2, 0.25) is 5.02 Å². The number of hydrogen-bond donors (Lipinski definition) is 0. The minimum Gasteiger partial charge on any atom is -0.493 e. The van der Waals surface area contributed by atoms with Gasteiger partial charge >= 0.3 is 5.97 Å². The second-order valence-corrected chi connectivity index (χ2v) is 5.46. The lowest BCUT2D eigenvalue weighted by atomic mass is 10.1. The molecule has 0 heterocycles.